The molecule has 0 amide bonds. The molecule has 5 aliphatic rings. The van der Waals surface area contributed by atoms with Crippen LogP contribution in [0.3, 0.4) is 0 Å². The van der Waals surface area contributed by atoms with Crippen molar-refractivity contribution >= 4 is 8.32 Å². The second-order valence-corrected chi connectivity index (χ2v) is 13.6. The van der Waals surface area contributed by atoms with E-state index in [1.54, 1.807) is 0 Å². The molecule has 20 heavy (non-hydrogen) atoms. The van der Waals surface area contributed by atoms with Gasteiger partial charge in [-0.05, 0) is 37.4 Å². The fraction of sp³-hybridized carbons (Fsp3) is 1.00. The predicted octanol–water partition coefficient (Wildman–Crippen LogP) is 3.55. The zero-order valence-electron chi connectivity index (χ0n) is 13.4. The van der Waals surface area contributed by atoms with Gasteiger partial charge in [0.05, 0.1) is 18.3 Å². The van der Waals surface area contributed by atoms with Gasteiger partial charge < -0.3 is 13.9 Å². The van der Waals surface area contributed by atoms with Crippen LogP contribution in [-0.4, -0.2) is 32.9 Å². The highest BCUT2D eigenvalue weighted by Crippen LogP contribution is 2.66. The summed E-state index contributed by atoms with van der Waals surface area (Å²) in [7, 11) is -1.71. The molecule has 6 atom stereocenters. The van der Waals surface area contributed by atoms with Crippen molar-refractivity contribution in [1.82, 2.24) is 0 Å². The van der Waals surface area contributed by atoms with Crippen molar-refractivity contribution < 1.29 is 13.9 Å². The van der Waals surface area contributed by atoms with Gasteiger partial charge in [-0.1, -0.05) is 20.8 Å². The van der Waals surface area contributed by atoms with Crippen LogP contribution in [0.15, 0.2) is 0 Å². The van der Waals surface area contributed by atoms with E-state index in [-0.39, 0.29) is 16.9 Å². The van der Waals surface area contributed by atoms with Gasteiger partial charge in [0.2, 0.25) is 0 Å². The first-order valence-corrected chi connectivity index (χ1v) is 11.1. The number of fused-ring (bicyclic) bond motifs is 1. The smallest absolute Gasteiger partial charge is 0.192 e. The molecule has 2 saturated carbocycles. The van der Waals surface area contributed by atoms with E-state index in [2.05, 4.69) is 33.9 Å². The number of ether oxygens (including phenoxy) is 2. The summed E-state index contributed by atoms with van der Waals surface area (Å²) in [5.74, 6) is 1.85. The molecule has 0 aromatic carbocycles. The number of rotatable bonds is 2. The van der Waals surface area contributed by atoms with Crippen LogP contribution in [0.4, 0.5) is 0 Å². The van der Waals surface area contributed by atoms with E-state index >= 15 is 0 Å². The van der Waals surface area contributed by atoms with Crippen molar-refractivity contribution in [3.05, 3.63) is 0 Å². The standard InChI is InChI=1S/C16H28O3Si/c1-15(2,3)20(4,5)19-13-10-8-16-11(13)6-7-12(16)14(18-16)17-9-10/h10-14H,6-9H2,1-5H3. The molecule has 0 aromatic rings. The van der Waals surface area contributed by atoms with Crippen LogP contribution in [-0.2, 0) is 13.9 Å². The Balaban J connectivity index is 1.61. The molecule has 3 aliphatic heterocycles. The first kappa shape index (κ1) is 13.7. The summed E-state index contributed by atoms with van der Waals surface area (Å²) in [6, 6.07) is 0. The Morgan fingerprint density at radius 3 is 2.55 bits per heavy atom. The van der Waals surface area contributed by atoms with Crippen molar-refractivity contribution in [1.29, 1.82) is 0 Å². The second kappa shape index (κ2) is 3.89. The second-order valence-electron chi connectivity index (χ2n) is 8.87. The van der Waals surface area contributed by atoms with Crippen LogP contribution < -0.4 is 0 Å². The van der Waals surface area contributed by atoms with Crippen LogP contribution in [0.5, 0.6) is 0 Å². The Morgan fingerprint density at radius 2 is 1.85 bits per heavy atom. The van der Waals surface area contributed by atoms with Crippen molar-refractivity contribution in [2.75, 3.05) is 6.61 Å². The van der Waals surface area contributed by atoms with Gasteiger partial charge >= 0.3 is 0 Å². The summed E-state index contributed by atoms with van der Waals surface area (Å²) in [5.41, 5.74) is 0.138. The van der Waals surface area contributed by atoms with E-state index in [9.17, 15) is 0 Å². The summed E-state index contributed by atoms with van der Waals surface area (Å²) in [4.78, 5) is 0. The van der Waals surface area contributed by atoms with E-state index in [1.807, 2.05) is 0 Å². The molecule has 3 nitrogen and oxygen atoms in total. The molecular formula is C16H28O3Si. The minimum atomic E-state index is -1.71. The average molecular weight is 296 g/mol. The van der Waals surface area contributed by atoms with Gasteiger partial charge in [-0.15, -0.1) is 0 Å². The van der Waals surface area contributed by atoms with Crippen LogP contribution in [0.2, 0.25) is 18.1 Å². The lowest BCUT2D eigenvalue weighted by molar-refractivity contribution is -0.344. The molecule has 0 N–H and O–H groups in total. The van der Waals surface area contributed by atoms with E-state index in [4.69, 9.17) is 13.9 Å². The van der Waals surface area contributed by atoms with Gasteiger partial charge in [0, 0.05) is 17.8 Å². The van der Waals surface area contributed by atoms with Crippen LogP contribution in [0.1, 0.15) is 40.0 Å². The first-order chi connectivity index (χ1) is 9.25. The maximum Gasteiger partial charge on any atom is 0.192 e. The van der Waals surface area contributed by atoms with E-state index in [1.165, 1.54) is 19.3 Å². The van der Waals surface area contributed by atoms with Gasteiger partial charge in [0.25, 0.3) is 0 Å². The highest BCUT2D eigenvalue weighted by Gasteiger charge is 2.72. The minimum Gasteiger partial charge on any atom is -0.413 e. The number of hydrogen-bond acceptors (Lipinski definition) is 3. The Labute approximate surface area is 123 Å². The molecule has 3 heterocycles. The maximum absolute atomic E-state index is 6.83. The monoisotopic (exact) mass is 296 g/mol. The molecule has 3 saturated heterocycles. The number of hydrogen-bond donors (Lipinski definition) is 0. The lowest BCUT2D eigenvalue weighted by atomic mass is 9.80. The highest BCUT2D eigenvalue weighted by molar-refractivity contribution is 6.74. The third kappa shape index (κ3) is 1.57. The molecule has 0 radical (unpaired) electrons. The molecule has 0 aromatic heterocycles. The molecule has 5 fully saturated rings. The van der Waals surface area contributed by atoms with Crippen molar-refractivity contribution in [2.45, 2.75) is 76.2 Å². The van der Waals surface area contributed by atoms with E-state index in [0.717, 1.165) is 6.61 Å². The minimum absolute atomic E-state index is 0.110. The molecule has 5 rings (SSSR count). The fourth-order valence-corrected chi connectivity index (χ4v) is 6.15. The Hall–Kier alpha value is 0.0969. The quantitative estimate of drug-likeness (QED) is 0.729. The molecule has 1 spiro atoms. The largest absolute Gasteiger partial charge is 0.413 e. The van der Waals surface area contributed by atoms with Gasteiger partial charge in [-0.3, -0.25) is 0 Å². The summed E-state index contributed by atoms with van der Waals surface area (Å²) in [6.45, 7) is 12.6. The van der Waals surface area contributed by atoms with Crippen molar-refractivity contribution in [3.63, 3.8) is 0 Å². The first-order valence-electron chi connectivity index (χ1n) is 8.22. The van der Waals surface area contributed by atoms with Crippen molar-refractivity contribution in [2.24, 2.45) is 17.8 Å². The van der Waals surface area contributed by atoms with Crippen LogP contribution in [0.25, 0.3) is 0 Å². The normalized spacial score (nSPS) is 50.0. The fourth-order valence-electron chi connectivity index (χ4n) is 4.76. The topological polar surface area (TPSA) is 27.7 Å². The molecular weight excluding hydrogens is 268 g/mol. The zero-order valence-corrected chi connectivity index (χ0v) is 14.4. The Morgan fingerprint density at radius 1 is 1.15 bits per heavy atom. The van der Waals surface area contributed by atoms with E-state index < -0.39 is 8.32 Å². The Bertz CT molecular complexity index is 430. The average Bonchev–Trinajstić information content (AvgIpc) is 2.62. The lowest BCUT2D eigenvalue weighted by Crippen LogP contribution is -2.60. The van der Waals surface area contributed by atoms with Gasteiger partial charge in [0.15, 0.2) is 14.6 Å². The molecule has 6 unspecified atom stereocenters. The van der Waals surface area contributed by atoms with Crippen LogP contribution >= 0.6 is 0 Å². The third-order valence-electron chi connectivity index (χ3n) is 6.86. The molecule has 114 valence electrons. The van der Waals surface area contributed by atoms with Crippen LogP contribution in [0, 0.1) is 17.8 Å². The summed E-state index contributed by atoms with van der Waals surface area (Å²) >= 11 is 0. The van der Waals surface area contributed by atoms with Gasteiger partial charge in [-0.2, -0.15) is 0 Å². The highest BCUT2D eigenvalue weighted by atomic mass is 28.4. The summed E-state index contributed by atoms with van der Waals surface area (Å²) in [5, 5.41) is 0.277. The van der Waals surface area contributed by atoms with Crippen molar-refractivity contribution in [3.8, 4) is 0 Å². The van der Waals surface area contributed by atoms with Gasteiger partial charge in [0.1, 0.15) is 0 Å². The molecule has 3 bridgehead atoms. The predicted molar refractivity (Wildman–Crippen MR) is 79.9 cm³/mol. The zero-order chi connectivity index (χ0) is 14.3. The Kier molecular flexibility index (Phi) is 2.67. The molecule has 2 aliphatic carbocycles. The SMILES string of the molecule is CC(C)(C)[Si](C)(C)OC1C2COC3OC4(C2)C3CCC14. The molecule has 4 heteroatoms. The third-order valence-corrected chi connectivity index (χ3v) is 11.3. The maximum atomic E-state index is 6.83. The lowest BCUT2D eigenvalue weighted by Gasteiger charge is -2.51. The summed E-state index contributed by atoms with van der Waals surface area (Å²) < 4.78 is 19.0. The van der Waals surface area contributed by atoms with E-state index in [0.29, 0.717) is 23.9 Å². The van der Waals surface area contributed by atoms with Gasteiger partial charge in [-0.25, -0.2) is 0 Å². The summed E-state index contributed by atoms with van der Waals surface area (Å²) in [6.07, 6.45) is 4.22.